The number of aryl methyl sites for hydroxylation is 1. The normalized spacial score (nSPS) is 15.0. The zero-order valence-corrected chi connectivity index (χ0v) is 17.2. The Labute approximate surface area is 178 Å². The maximum absolute atomic E-state index is 14.2. The molecule has 2 aromatic carbocycles. The van der Waals surface area contributed by atoms with Crippen LogP contribution in [0.15, 0.2) is 48.8 Å². The third-order valence-corrected chi connectivity index (χ3v) is 5.83. The minimum absolute atomic E-state index is 0.176. The van der Waals surface area contributed by atoms with Crippen LogP contribution >= 0.6 is 0 Å². The summed E-state index contributed by atoms with van der Waals surface area (Å²) in [5.74, 6) is -0.00534. The van der Waals surface area contributed by atoms with E-state index in [9.17, 15) is 8.78 Å². The number of aromatic nitrogens is 3. The maximum Gasteiger partial charge on any atom is 0.142 e. The van der Waals surface area contributed by atoms with E-state index in [1.54, 1.807) is 18.5 Å². The van der Waals surface area contributed by atoms with Crippen molar-refractivity contribution in [3.63, 3.8) is 0 Å². The van der Waals surface area contributed by atoms with E-state index in [1.807, 2.05) is 13.0 Å². The minimum Gasteiger partial charge on any atom is -0.370 e. The van der Waals surface area contributed by atoms with Crippen LogP contribution in [0.4, 0.5) is 14.5 Å². The van der Waals surface area contributed by atoms with E-state index in [4.69, 9.17) is 5.73 Å². The number of hydrogen-bond acceptors (Lipinski definition) is 4. The van der Waals surface area contributed by atoms with Gasteiger partial charge in [0.25, 0.3) is 0 Å². The number of halogens is 2. The first-order valence-electron chi connectivity index (χ1n) is 10.4. The van der Waals surface area contributed by atoms with E-state index in [1.165, 1.54) is 24.3 Å². The van der Waals surface area contributed by atoms with Crippen LogP contribution in [0.3, 0.4) is 0 Å². The zero-order chi connectivity index (χ0) is 21.5. The highest BCUT2D eigenvalue weighted by Gasteiger charge is 2.24. The lowest BCUT2D eigenvalue weighted by molar-refractivity contribution is 0.501. The fourth-order valence-corrected chi connectivity index (χ4v) is 4.30. The summed E-state index contributed by atoms with van der Waals surface area (Å²) in [6, 6.07) is 9.64. The highest BCUT2D eigenvalue weighted by Crippen LogP contribution is 2.40. The second-order valence-electron chi connectivity index (χ2n) is 8.17. The van der Waals surface area contributed by atoms with Crippen molar-refractivity contribution in [2.24, 2.45) is 5.73 Å². The number of nitrogens with zero attached hydrogens (tertiary/aromatic N) is 3. The first-order chi connectivity index (χ1) is 15.0. The molecule has 1 aliphatic rings. The third kappa shape index (κ3) is 3.77. The standard InChI is InChI=1S/C24H23F2N5/c1-14-8-15(10-17(26)9-14)19-12-28-13-20(23(19)31-6-4-18(27)5-7-31)24-29-21-3-2-16(25)11-22(21)30-24/h2-3,8-13,18H,4-7,27H2,1H3,(H,29,30). The summed E-state index contributed by atoms with van der Waals surface area (Å²) >= 11 is 0. The largest absolute Gasteiger partial charge is 0.370 e. The van der Waals surface area contributed by atoms with Gasteiger partial charge in [-0.2, -0.15) is 0 Å². The molecule has 7 heteroatoms. The number of anilines is 1. The molecule has 0 saturated carbocycles. The molecule has 1 fully saturated rings. The van der Waals surface area contributed by atoms with Crippen LogP contribution in [0.25, 0.3) is 33.5 Å². The maximum atomic E-state index is 14.2. The van der Waals surface area contributed by atoms with E-state index in [0.29, 0.717) is 16.9 Å². The van der Waals surface area contributed by atoms with Crippen LogP contribution in [0, 0.1) is 18.6 Å². The Balaban J connectivity index is 1.71. The molecule has 3 N–H and O–H groups in total. The second kappa shape index (κ2) is 7.74. The number of H-pyrrole nitrogens is 1. The lowest BCUT2D eigenvalue weighted by atomic mass is 9.97. The summed E-state index contributed by atoms with van der Waals surface area (Å²) in [7, 11) is 0. The zero-order valence-electron chi connectivity index (χ0n) is 17.2. The number of imidazole rings is 1. The van der Waals surface area contributed by atoms with Gasteiger partial charge in [0.2, 0.25) is 0 Å². The number of benzene rings is 2. The Morgan fingerprint density at radius 1 is 1.00 bits per heavy atom. The number of fused-ring (bicyclic) bond motifs is 1. The van der Waals surface area contributed by atoms with Gasteiger partial charge in [0, 0.05) is 37.1 Å². The summed E-state index contributed by atoms with van der Waals surface area (Å²) in [5.41, 5.74) is 11.6. The quantitative estimate of drug-likeness (QED) is 0.500. The van der Waals surface area contributed by atoms with Crippen molar-refractivity contribution >= 4 is 16.7 Å². The molecule has 2 aromatic heterocycles. The molecular formula is C24H23F2N5. The molecule has 1 aliphatic heterocycles. The van der Waals surface area contributed by atoms with E-state index >= 15 is 0 Å². The summed E-state index contributed by atoms with van der Waals surface area (Å²) in [5, 5.41) is 0. The highest BCUT2D eigenvalue weighted by molar-refractivity contribution is 5.91. The third-order valence-electron chi connectivity index (χ3n) is 5.83. The molecule has 0 bridgehead atoms. The highest BCUT2D eigenvalue weighted by atomic mass is 19.1. The number of pyridine rings is 1. The first-order valence-corrected chi connectivity index (χ1v) is 10.4. The molecule has 1 saturated heterocycles. The van der Waals surface area contributed by atoms with Crippen molar-refractivity contribution in [3.8, 4) is 22.5 Å². The summed E-state index contributed by atoms with van der Waals surface area (Å²) in [6.07, 6.45) is 5.26. The van der Waals surface area contributed by atoms with Crippen molar-refractivity contribution in [2.75, 3.05) is 18.0 Å². The van der Waals surface area contributed by atoms with E-state index in [-0.39, 0.29) is 17.7 Å². The van der Waals surface area contributed by atoms with Crippen LogP contribution in [0.5, 0.6) is 0 Å². The van der Waals surface area contributed by atoms with Gasteiger partial charge in [0.1, 0.15) is 17.5 Å². The first kappa shape index (κ1) is 19.6. The molecule has 31 heavy (non-hydrogen) atoms. The van der Waals surface area contributed by atoms with Gasteiger partial charge in [-0.1, -0.05) is 6.07 Å². The second-order valence-corrected chi connectivity index (χ2v) is 8.17. The lowest BCUT2D eigenvalue weighted by Gasteiger charge is -2.34. The van der Waals surface area contributed by atoms with E-state index < -0.39 is 0 Å². The Morgan fingerprint density at radius 2 is 1.77 bits per heavy atom. The van der Waals surface area contributed by atoms with Crippen LogP contribution in [-0.2, 0) is 0 Å². The molecule has 0 atom stereocenters. The predicted molar refractivity (Wildman–Crippen MR) is 119 cm³/mol. The number of nitrogens with one attached hydrogen (secondary N) is 1. The van der Waals surface area contributed by atoms with Gasteiger partial charge in [0.05, 0.1) is 22.3 Å². The van der Waals surface area contributed by atoms with Gasteiger partial charge in [-0.05, 0) is 61.2 Å². The number of hydrogen-bond donors (Lipinski definition) is 2. The summed E-state index contributed by atoms with van der Waals surface area (Å²) in [6.45, 7) is 3.44. The molecular weight excluding hydrogens is 396 g/mol. The monoisotopic (exact) mass is 419 g/mol. The van der Waals surface area contributed by atoms with Gasteiger partial charge in [-0.3, -0.25) is 4.98 Å². The predicted octanol–water partition coefficient (Wildman–Crippen LogP) is 4.81. The Kier molecular flexibility index (Phi) is 4.90. The topological polar surface area (TPSA) is 70.8 Å². The Morgan fingerprint density at radius 3 is 2.55 bits per heavy atom. The molecule has 0 spiro atoms. The lowest BCUT2D eigenvalue weighted by Crippen LogP contribution is -2.40. The van der Waals surface area contributed by atoms with Crippen LogP contribution < -0.4 is 10.6 Å². The molecule has 5 nitrogen and oxygen atoms in total. The SMILES string of the molecule is Cc1cc(F)cc(-c2cncc(-c3nc4ccc(F)cc4[nH]3)c2N2CCC(N)CC2)c1. The smallest absolute Gasteiger partial charge is 0.142 e. The van der Waals surface area contributed by atoms with Crippen molar-refractivity contribution in [3.05, 3.63) is 66.0 Å². The average Bonchev–Trinajstić information content (AvgIpc) is 3.16. The minimum atomic E-state index is -0.324. The molecule has 0 aliphatic carbocycles. The number of rotatable bonds is 3. The Hall–Kier alpha value is -3.32. The van der Waals surface area contributed by atoms with Crippen molar-refractivity contribution in [2.45, 2.75) is 25.8 Å². The molecule has 3 heterocycles. The van der Waals surface area contributed by atoms with Gasteiger partial charge in [0.15, 0.2) is 0 Å². The summed E-state index contributed by atoms with van der Waals surface area (Å²) in [4.78, 5) is 14.6. The van der Waals surface area contributed by atoms with Crippen molar-refractivity contribution in [1.29, 1.82) is 0 Å². The molecule has 0 unspecified atom stereocenters. The summed E-state index contributed by atoms with van der Waals surface area (Å²) < 4.78 is 27.9. The van der Waals surface area contributed by atoms with Crippen molar-refractivity contribution < 1.29 is 8.78 Å². The van der Waals surface area contributed by atoms with Crippen molar-refractivity contribution in [1.82, 2.24) is 15.0 Å². The number of piperidine rings is 1. The number of aromatic amines is 1. The van der Waals surface area contributed by atoms with Gasteiger partial charge < -0.3 is 15.6 Å². The van der Waals surface area contributed by atoms with E-state index in [2.05, 4.69) is 19.9 Å². The van der Waals surface area contributed by atoms with Gasteiger partial charge >= 0.3 is 0 Å². The van der Waals surface area contributed by atoms with Crippen LogP contribution in [0.2, 0.25) is 0 Å². The van der Waals surface area contributed by atoms with Gasteiger partial charge in [-0.15, -0.1) is 0 Å². The average molecular weight is 419 g/mol. The molecule has 158 valence electrons. The fraction of sp³-hybridized carbons (Fsp3) is 0.250. The molecule has 0 amide bonds. The molecule has 0 radical (unpaired) electrons. The number of nitrogens with two attached hydrogens (primary N) is 1. The molecule has 4 aromatic rings. The van der Waals surface area contributed by atoms with E-state index in [0.717, 1.165) is 53.9 Å². The Bertz CT molecular complexity index is 1240. The fourth-order valence-electron chi connectivity index (χ4n) is 4.30. The van der Waals surface area contributed by atoms with Gasteiger partial charge in [-0.25, -0.2) is 13.8 Å². The van der Waals surface area contributed by atoms with Crippen LogP contribution in [-0.4, -0.2) is 34.1 Å². The molecule has 5 rings (SSSR count). The van der Waals surface area contributed by atoms with Crippen LogP contribution in [0.1, 0.15) is 18.4 Å².